The zero-order chi connectivity index (χ0) is 14.9. The van der Waals surface area contributed by atoms with Crippen LogP contribution in [0.4, 0.5) is 10.2 Å². The largest absolute Gasteiger partial charge is 0.482 e. The summed E-state index contributed by atoms with van der Waals surface area (Å²) in [6, 6.07) is 3.99. The molecule has 2 aromatic rings. The minimum atomic E-state index is -0.645. The number of ether oxygens (including phenoxy) is 1. The lowest BCUT2D eigenvalue weighted by Crippen LogP contribution is -2.08. The molecule has 0 aliphatic rings. The predicted molar refractivity (Wildman–Crippen MR) is 76.9 cm³/mol. The summed E-state index contributed by atoms with van der Waals surface area (Å²) in [4.78, 5) is 0. The van der Waals surface area contributed by atoms with Gasteiger partial charge in [0.05, 0.1) is 5.02 Å². The van der Waals surface area contributed by atoms with Crippen LogP contribution < -0.4 is 10.5 Å². The van der Waals surface area contributed by atoms with Crippen LogP contribution in [-0.4, -0.2) is 10.2 Å². The van der Waals surface area contributed by atoms with Gasteiger partial charge in [0.25, 0.3) is 0 Å². The van der Waals surface area contributed by atoms with Crippen molar-refractivity contribution >= 4 is 40.6 Å². The van der Waals surface area contributed by atoms with Crippen molar-refractivity contribution in [3.05, 3.63) is 44.8 Å². The fourth-order valence-electron chi connectivity index (χ4n) is 1.62. The molecule has 1 atom stereocenters. The Hall–Kier alpha value is -1.30. The second-order valence-electron chi connectivity index (χ2n) is 3.93. The molecule has 1 aromatic heterocycles. The number of halogens is 4. The van der Waals surface area contributed by atoms with Gasteiger partial charge in [0.2, 0.25) is 0 Å². The summed E-state index contributed by atoms with van der Waals surface area (Å²) in [6.45, 7) is 1.65. The minimum absolute atomic E-state index is 0.0601. The Kier molecular flexibility index (Phi) is 4.52. The highest BCUT2D eigenvalue weighted by atomic mass is 35.5. The van der Waals surface area contributed by atoms with Crippen molar-refractivity contribution in [2.24, 2.45) is 0 Å². The lowest BCUT2D eigenvalue weighted by molar-refractivity contribution is 0.227. The average molecular weight is 337 g/mol. The van der Waals surface area contributed by atoms with Gasteiger partial charge >= 0.3 is 0 Å². The first kappa shape index (κ1) is 15.1. The maximum absolute atomic E-state index is 13.5. The van der Waals surface area contributed by atoms with Crippen LogP contribution in [0.1, 0.15) is 18.6 Å². The average Bonchev–Trinajstić information content (AvgIpc) is 2.39. The maximum atomic E-state index is 13.5. The fraction of sp³-hybridized carbons (Fsp3) is 0.167. The van der Waals surface area contributed by atoms with E-state index in [9.17, 15) is 4.39 Å². The standard InChI is InChI=1S/C12H9Cl3FN3O/c1-5(10-6(13)2-3-7(16)11(10)15)20-8-4-9(14)18-19-12(8)17/h2-5H,1H3,(H2,17,19)/t5-/m1/s1. The molecule has 0 saturated heterocycles. The molecule has 1 heterocycles. The van der Waals surface area contributed by atoms with Gasteiger partial charge in [-0.05, 0) is 19.1 Å². The van der Waals surface area contributed by atoms with E-state index in [-0.39, 0.29) is 26.8 Å². The van der Waals surface area contributed by atoms with Gasteiger partial charge in [0, 0.05) is 16.7 Å². The summed E-state index contributed by atoms with van der Waals surface area (Å²) < 4.78 is 19.1. The van der Waals surface area contributed by atoms with Crippen molar-refractivity contribution in [2.75, 3.05) is 5.73 Å². The van der Waals surface area contributed by atoms with Crippen LogP contribution >= 0.6 is 34.8 Å². The van der Waals surface area contributed by atoms with Gasteiger partial charge in [-0.3, -0.25) is 0 Å². The van der Waals surface area contributed by atoms with E-state index >= 15 is 0 Å². The van der Waals surface area contributed by atoms with Gasteiger partial charge < -0.3 is 10.5 Å². The summed E-state index contributed by atoms with van der Waals surface area (Å²) in [5, 5.41) is 7.50. The maximum Gasteiger partial charge on any atom is 0.188 e. The number of anilines is 1. The molecule has 0 fully saturated rings. The molecular formula is C12H9Cl3FN3O. The number of nitrogens with zero attached hydrogens (tertiary/aromatic N) is 2. The molecule has 20 heavy (non-hydrogen) atoms. The molecule has 4 nitrogen and oxygen atoms in total. The Bertz CT molecular complexity index is 654. The van der Waals surface area contributed by atoms with Crippen molar-refractivity contribution in [3.8, 4) is 5.75 Å². The lowest BCUT2D eigenvalue weighted by atomic mass is 10.1. The monoisotopic (exact) mass is 335 g/mol. The molecule has 2 N–H and O–H groups in total. The number of nitrogens with two attached hydrogens (primary N) is 1. The number of benzene rings is 1. The Labute approximate surface area is 129 Å². The van der Waals surface area contributed by atoms with Crippen LogP contribution in [-0.2, 0) is 0 Å². The molecule has 1 aromatic carbocycles. The quantitative estimate of drug-likeness (QED) is 0.849. The molecule has 0 amide bonds. The first-order valence-corrected chi connectivity index (χ1v) is 6.62. The van der Waals surface area contributed by atoms with Gasteiger partial charge in [0.15, 0.2) is 16.7 Å². The van der Waals surface area contributed by atoms with Crippen LogP contribution in [0, 0.1) is 5.82 Å². The number of hydrogen-bond donors (Lipinski definition) is 1. The van der Waals surface area contributed by atoms with Crippen LogP contribution in [0.2, 0.25) is 15.2 Å². The van der Waals surface area contributed by atoms with Crippen LogP contribution in [0.15, 0.2) is 18.2 Å². The zero-order valence-corrected chi connectivity index (χ0v) is 12.5. The van der Waals surface area contributed by atoms with Gasteiger partial charge in [-0.15, -0.1) is 10.2 Å². The highest BCUT2D eigenvalue weighted by Crippen LogP contribution is 2.35. The van der Waals surface area contributed by atoms with E-state index in [2.05, 4.69) is 10.2 Å². The predicted octanol–water partition coefficient (Wildman–Crippen LogP) is 4.30. The summed E-state index contributed by atoms with van der Waals surface area (Å²) in [6.07, 6.45) is -0.645. The third-order valence-corrected chi connectivity index (χ3v) is 3.44. The molecule has 0 aliphatic heterocycles. The number of hydrogen-bond acceptors (Lipinski definition) is 4. The third kappa shape index (κ3) is 3.06. The third-order valence-electron chi connectivity index (χ3n) is 2.55. The van der Waals surface area contributed by atoms with Crippen LogP contribution in [0.3, 0.4) is 0 Å². The number of aromatic nitrogens is 2. The smallest absolute Gasteiger partial charge is 0.188 e. The Balaban J connectivity index is 2.35. The topological polar surface area (TPSA) is 61.0 Å². The summed E-state index contributed by atoms with van der Waals surface area (Å²) in [7, 11) is 0. The molecule has 2 rings (SSSR count). The molecule has 106 valence electrons. The molecule has 0 unspecified atom stereocenters. The Morgan fingerprint density at radius 1 is 1.25 bits per heavy atom. The molecule has 0 saturated carbocycles. The van der Waals surface area contributed by atoms with Gasteiger partial charge in [0.1, 0.15) is 11.9 Å². The second-order valence-corrected chi connectivity index (χ2v) is 5.11. The van der Waals surface area contributed by atoms with Gasteiger partial charge in [-0.2, -0.15) is 0 Å². The van der Waals surface area contributed by atoms with E-state index in [1.54, 1.807) is 6.92 Å². The van der Waals surface area contributed by atoms with Crippen molar-refractivity contribution in [1.82, 2.24) is 10.2 Å². The summed E-state index contributed by atoms with van der Waals surface area (Å²) in [5.74, 6) is -0.306. The fourth-order valence-corrected chi connectivity index (χ4v) is 2.44. The van der Waals surface area contributed by atoms with Crippen molar-refractivity contribution in [3.63, 3.8) is 0 Å². The normalized spacial score (nSPS) is 12.2. The Morgan fingerprint density at radius 3 is 2.65 bits per heavy atom. The Morgan fingerprint density at radius 2 is 1.95 bits per heavy atom. The molecule has 0 radical (unpaired) electrons. The van der Waals surface area contributed by atoms with Crippen LogP contribution in [0.25, 0.3) is 0 Å². The highest BCUT2D eigenvalue weighted by molar-refractivity contribution is 6.36. The second kappa shape index (κ2) is 5.99. The molecular weight excluding hydrogens is 328 g/mol. The molecule has 0 spiro atoms. The van der Waals surface area contributed by atoms with Crippen molar-refractivity contribution < 1.29 is 9.13 Å². The van der Waals surface area contributed by atoms with Crippen molar-refractivity contribution in [1.29, 1.82) is 0 Å². The number of nitrogen functional groups attached to an aromatic ring is 1. The SMILES string of the molecule is C[C@@H](Oc1cc(Cl)nnc1N)c1c(Cl)ccc(F)c1Cl. The minimum Gasteiger partial charge on any atom is -0.482 e. The first-order chi connectivity index (χ1) is 9.40. The highest BCUT2D eigenvalue weighted by Gasteiger charge is 2.19. The molecule has 0 bridgehead atoms. The van der Waals surface area contributed by atoms with E-state index in [4.69, 9.17) is 45.3 Å². The van der Waals surface area contributed by atoms with E-state index in [1.165, 1.54) is 18.2 Å². The zero-order valence-electron chi connectivity index (χ0n) is 10.2. The van der Waals surface area contributed by atoms with Gasteiger partial charge in [-0.1, -0.05) is 34.8 Å². The van der Waals surface area contributed by atoms with Crippen LogP contribution in [0.5, 0.6) is 5.75 Å². The molecule has 0 aliphatic carbocycles. The van der Waals surface area contributed by atoms with E-state index < -0.39 is 11.9 Å². The molecule has 8 heteroatoms. The number of rotatable bonds is 3. The first-order valence-electron chi connectivity index (χ1n) is 5.49. The van der Waals surface area contributed by atoms with E-state index in [0.29, 0.717) is 5.56 Å². The van der Waals surface area contributed by atoms with E-state index in [1.807, 2.05) is 0 Å². The summed E-state index contributed by atoms with van der Waals surface area (Å²) in [5.41, 5.74) is 5.94. The lowest BCUT2D eigenvalue weighted by Gasteiger charge is -2.18. The summed E-state index contributed by atoms with van der Waals surface area (Å²) >= 11 is 17.6. The van der Waals surface area contributed by atoms with Crippen molar-refractivity contribution in [2.45, 2.75) is 13.0 Å². The van der Waals surface area contributed by atoms with E-state index in [0.717, 1.165) is 0 Å². The van der Waals surface area contributed by atoms with Gasteiger partial charge in [-0.25, -0.2) is 4.39 Å².